The van der Waals surface area contributed by atoms with Gasteiger partial charge in [0.1, 0.15) is 4.70 Å². The summed E-state index contributed by atoms with van der Waals surface area (Å²) in [7, 11) is 0. The lowest BCUT2D eigenvalue weighted by atomic mass is 10.1. The Hall–Kier alpha value is -2.58. The lowest BCUT2D eigenvalue weighted by Gasteiger charge is -2.06. The van der Waals surface area contributed by atoms with Crippen LogP contribution in [0.25, 0.3) is 15.3 Å². The van der Waals surface area contributed by atoms with Gasteiger partial charge in [-0.25, -0.2) is 9.97 Å². The molecule has 25 heavy (non-hydrogen) atoms. The van der Waals surface area contributed by atoms with Crippen molar-refractivity contribution in [3.8, 4) is 5.13 Å². The topological polar surface area (TPSA) is 69.8 Å². The van der Waals surface area contributed by atoms with Crippen LogP contribution in [0.4, 0.5) is 0 Å². The molecular weight excluding hydrogens is 356 g/mol. The molecular formula is C17H14N4O2S2. The van der Waals surface area contributed by atoms with Crippen molar-refractivity contribution in [3.05, 3.63) is 62.7 Å². The highest BCUT2D eigenvalue weighted by Crippen LogP contribution is 2.23. The first-order chi connectivity index (χ1) is 12.1. The quantitative estimate of drug-likeness (QED) is 0.517. The van der Waals surface area contributed by atoms with Crippen molar-refractivity contribution in [2.75, 3.05) is 0 Å². The minimum absolute atomic E-state index is 0.0260. The molecule has 4 aromatic rings. The summed E-state index contributed by atoms with van der Waals surface area (Å²) in [6.45, 7) is 3.81. The lowest BCUT2D eigenvalue weighted by molar-refractivity contribution is 0.0970. The van der Waals surface area contributed by atoms with Crippen LogP contribution in [0.5, 0.6) is 0 Å². The van der Waals surface area contributed by atoms with Crippen molar-refractivity contribution >= 4 is 38.7 Å². The number of rotatable bonds is 4. The second-order valence-corrected chi connectivity index (χ2v) is 7.46. The minimum atomic E-state index is -0.179. The summed E-state index contributed by atoms with van der Waals surface area (Å²) in [6, 6.07) is 3.65. The third-order valence-corrected chi connectivity index (χ3v) is 5.74. The molecule has 4 rings (SSSR count). The molecule has 0 atom stereocenters. The second-order valence-electron chi connectivity index (χ2n) is 5.67. The number of aryl methyl sites for hydroxylation is 1. The number of carbonyl (C=O) groups excluding carboxylic acids is 1. The SMILES string of the molecule is Cc1cc(C(=O)Cn2cnc3ccsc3c2=O)c(C)n1-c1nccs1. The zero-order valence-corrected chi connectivity index (χ0v) is 15.2. The third-order valence-electron chi connectivity index (χ3n) is 4.09. The normalized spacial score (nSPS) is 11.3. The number of ketones is 1. The van der Waals surface area contributed by atoms with E-state index >= 15 is 0 Å². The average molecular weight is 370 g/mol. The Labute approximate surface area is 151 Å². The van der Waals surface area contributed by atoms with Crippen molar-refractivity contribution in [1.82, 2.24) is 19.1 Å². The van der Waals surface area contributed by atoms with Gasteiger partial charge in [-0.05, 0) is 31.4 Å². The van der Waals surface area contributed by atoms with Crippen molar-refractivity contribution in [3.63, 3.8) is 0 Å². The molecule has 0 aliphatic heterocycles. The number of hydrogen-bond donors (Lipinski definition) is 0. The Morgan fingerprint density at radius 1 is 1.20 bits per heavy atom. The average Bonchev–Trinajstić information content (AvgIpc) is 3.30. The van der Waals surface area contributed by atoms with Gasteiger partial charge in [-0.15, -0.1) is 22.7 Å². The van der Waals surface area contributed by atoms with E-state index in [-0.39, 0.29) is 17.9 Å². The maximum absolute atomic E-state index is 12.8. The highest BCUT2D eigenvalue weighted by atomic mass is 32.1. The highest BCUT2D eigenvalue weighted by Gasteiger charge is 2.19. The molecule has 0 saturated carbocycles. The van der Waals surface area contributed by atoms with Crippen molar-refractivity contribution < 1.29 is 4.79 Å². The van der Waals surface area contributed by atoms with Crippen LogP contribution in [0.3, 0.4) is 0 Å². The van der Waals surface area contributed by atoms with Crippen LogP contribution < -0.4 is 5.56 Å². The van der Waals surface area contributed by atoms with Gasteiger partial charge < -0.3 is 0 Å². The zero-order valence-electron chi connectivity index (χ0n) is 13.6. The molecule has 0 N–H and O–H groups in total. The Bertz CT molecular complexity index is 1140. The molecule has 0 unspecified atom stereocenters. The van der Waals surface area contributed by atoms with Crippen molar-refractivity contribution in [2.45, 2.75) is 20.4 Å². The molecule has 0 aliphatic carbocycles. The Kier molecular flexibility index (Phi) is 3.85. The van der Waals surface area contributed by atoms with E-state index < -0.39 is 0 Å². The molecule has 4 aromatic heterocycles. The number of hydrogen-bond acceptors (Lipinski definition) is 6. The summed E-state index contributed by atoms with van der Waals surface area (Å²) in [5.74, 6) is -0.115. The maximum atomic E-state index is 12.8. The molecule has 0 fully saturated rings. The van der Waals surface area contributed by atoms with Gasteiger partial charge in [-0.2, -0.15) is 0 Å². The van der Waals surface area contributed by atoms with Gasteiger partial charge in [0, 0.05) is 28.5 Å². The van der Waals surface area contributed by atoms with E-state index in [2.05, 4.69) is 9.97 Å². The van der Waals surface area contributed by atoms with E-state index in [1.165, 1.54) is 33.6 Å². The molecule has 6 nitrogen and oxygen atoms in total. The molecule has 0 bridgehead atoms. The summed E-state index contributed by atoms with van der Waals surface area (Å²) < 4.78 is 3.90. The van der Waals surface area contributed by atoms with E-state index in [0.29, 0.717) is 15.8 Å². The van der Waals surface area contributed by atoms with Gasteiger partial charge in [0.05, 0.1) is 18.4 Å². The van der Waals surface area contributed by atoms with E-state index in [0.717, 1.165) is 16.5 Å². The number of thiazole rings is 1. The number of thiophene rings is 1. The number of aromatic nitrogens is 4. The zero-order chi connectivity index (χ0) is 17.6. The first kappa shape index (κ1) is 15.9. The fourth-order valence-electron chi connectivity index (χ4n) is 2.90. The third kappa shape index (κ3) is 2.63. The molecule has 0 spiro atoms. The molecule has 0 aliphatic rings. The van der Waals surface area contributed by atoms with Gasteiger partial charge >= 0.3 is 0 Å². The number of Topliss-reactive ketones (excluding diaryl/α,β-unsaturated/α-hetero) is 1. The first-order valence-corrected chi connectivity index (χ1v) is 9.37. The smallest absolute Gasteiger partial charge is 0.271 e. The standard InChI is InChI=1S/C17H14N4O2S2/c1-10-7-12(11(2)21(10)17-18-4-6-25-17)14(22)8-20-9-19-13-3-5-24-15(13)16(20)23/h3-7,9H,8H2,1-2H3. The van der Waals surface area contributed by atoms with Crippen molar-refractivity contribution in [2.24, 2.45) is 0 Å². The van der Waals surface area contributed by atoms with Gasteiger partial charge in [0.15, 0.2) is 10.9 Å². The van der Waals surface area contributed by atoms with Crippen LogP contribution in [-0.2, 0) is 6.54 Å². The Balaban J connectivity index is 1.71. The summed E-state index contributed by atoms with van der Waals surface area (Å²) >= 11 is 2.86. The summed E-state index contributed by atoms with van der Waals surface area (Å²) in [6.07, 6.45) is 3.18. The second kappa shape index (κ2) is 6.05. The van der Waals surface area contributed by atoms with Gasteiger partial charge in [0.2, 0.25) is 0 Å². The predicted octanol–water partition coefficient (Wildman–Crippen LogP) is 3.20. The van der Waals surface area contributed by atoms with Gasteiger partial charge in [0.25, 0.3) is 5.56 Å². The fourth-order valence-corrected chi connectivity index (χ4v) is 4.44. The van der Waals surface area contributed by atoms with Gasteiger partial charge in [-0.1, -0.05) is 0 Å². The van der Waals surface area contributed by atoms with Crippen molar-refractivity contribution in [1.29, 1.82) is 0 Å². The predicted molar refractivity (Wildman–Crippen MR) is 99.1 cm³/mol. The fraction of sp³-hybridized carbons (Fsp3) is 0.176. The van der Waals surface area contributed by atoms with E-state index in [9.17, 15) is 9.59 Å². The highest BCUT2D eigenvalue weighted by molar-refractivity contribution is 7.17. The monoisotopic (exact) mass is 370 g/mol. The van der Waals surface area contributed by atoms with E-state index in [4.69, 9.17) is 0 Å². The summed E-state index contributed by atoms with van der Waals surface area (Å²) in [5, 5.41) is 4.55. The number of fused-ring (bicyclic) bond motifs is 1. The minimum Gasteiger partial charge on any atom is -0.294 e. The van der Waals surface area contributed by atoms with Crippen LogP contribution in [0.15, 0.2) is 40.2 Å². The lowest BCUT2D eigenvalue weighted by Crippen LogP contribution is -2.24. The summed E-state index contributed by atoms with van der Waals surface area (Å²) in [5.41, 5.74) is 2.86. The molecule has 0 amide bonds. The molecule has 0 aromatic carbocycles. The van der Waals surface area contributed by atoms with Gasteiger partial charge in [-0.3, -0.25) is 18.7 Å². The van der Waals surface area contributed by atoms with Crippen LogP contribution >= 0.6 is 22.7 Å². The Morgan fingerprint density at radius 2 is 2.04 bits per heavy atom. The van der Waals surface area contributed by atoms with Crippen LogP contribution in [0, 0.1) is 13.8 Å². The number of nitrogens with zero attached hydrogens (tertiary/aromatic N) is 4. The maximum Gasteiger partial charge on any atom is 0.271 e. The molecule has 0 saturated heterocycles. The molecule has 4 heterocycles. The number of carbonyl (C=O) groups is 1. The van der Waals surface area contributed by atoms with Crippen LogP contribution in [-0.4, -0.2) is 24.9 Å². The molecule has 8 heteroatoms. The Morgan fingerprint density at radius 3 is 2.80 bits per heavy atom. The molecule has 126 valence electrons. The first-order valence-electron chi connectivity index (χ1n) is 7.61. The van der Waals surface area contributed by atoms with E-state index in [1.54, 1.807) is 12.3 Å². The van der Waals surface area contributed by atoms with Crippen LogP contribution in [0.1, 0.15) is 21.7 Å². The molecule has 0 radical (unpaired) electrons. The van der Waals surface area contributed by atoms with E-state index in [1.807, 2.05) is 35.2 Å². The summed E-state index contributed by atoms with van der Waals surface area (Å²) in [4.78, 5) is 33.8. The largest absolute Gasteiger partial charge is 0.294 e. The van der Waals surface area contributed by atoms with Crippen LogP contribution in [0.2, 0.25) is 0 Å².